The first-order valence-electron chi connectivity index (χ1n) is 8.44. The van der Waals surface area contributed by atoms with Gasteiger partial charge in [-0.05, 0) is 42.0 Å². The Balaban J connectivity index is 1.82. The number of carbonyl (C=O) groups is 1. The summed E-state index contributed by atoms with van der Waals surface area (Å²) in [5.41, 5.74) is 9.06. The molecule has 4 nitrogen and oxygen atoms in total. The molecule has 0 atom stereocenters. The fourth-order valence-corrected chi connectivity index (χ4v) is 3.63. The summed E-state index contributed by atoms with van der Waals surface area (Å²) in [6, 6.07) is 17.9. The third kappa shape index (κ3) is 3.11. The van der Waals surface area contributed by atoms with E-state index in [1.165, 1.54) is 6.07 Å². The van der Waals surface area contributed by atoms with Crippen LogP contribution in [0, 0.1) is 0 Å². The molecule has 1 aromatic heterocycles. The van der Waals surface area contributed by atoms with E-state index in [1.807, 2.05) is 42.5 Å². The van der Waals surface area contributed by atoms with Crippen LogP contribution >= 0.6 is 23.2 Å². The highest BCUT2D eigenvalue weighted by atomic mass is 35.5. The number of hydrogen-bond acceptors (Lipinski definition) is 4. The van der Waals surface area contributed by atoms with Crippen molar-refractivity contribution < 1.29 is 13.9 Å². The number of ether oxygens (including phenoxy) is 1. The van der Waals surface area contributed by atoms with Crippen LogP contribution in [0.15, 0.2) is 65.1 Å². The number of ketones is 1. The molecule has 0 aliphatic carbocycles. The molecular formula is C22H15Cl2NO3. The summed E-state index contributed by atoms with van der Waals surface area (Å²) in [5, 5.41) is 1.35. The zero-order valence-corrected chi connectivity index (χ0v) is 16.3. The van der Waals surface area contributed by atoms with E-state index in [9.17, 15) is 4.79 Å². The Morgan fingerprint density at radius 2 is 1.82 bits per heavy atom. The van der Waals surface area contributed by atoms with E-state index in [-0.39, 0.29) is 22.0 Å². The minimum absolute atomic E-state index is 0.0522. The maximum atomic E-state index is 12.9. The Labute approximate surface area is 171 Å². The summed E-state index contributed by atoms with van der Waals surface area (Å²) in [6.45, 7) is 0. The smallest absolute Gasteiger partial charge is 0.231 e. The van der Waals surface area contributed by atoms with Crippen molar-refractivity contribution in [2.75, 3.05) is 12.8 Å². The maximum Gasteiger partial charge on any atom is 0.231 e. The Morgan fingerprint density at radius 3 is 2.57 bits per heavy atom. The normalized spacial score (nSPS) is 11.0. The highest BCUT2D eigenvalue weighted by molar-refractivity contribution is 6.37. The predicted octanol–water partition coefficient (Wildman–Crippen LogP) is 6.23. The van der Waals surface area contributed by atoms with Gasteiger partial charge in [-0.15, -0.1) is 0 Å². The third-order valence-electron chi connectivity index (χ3n) is 4.53. The summed E-state index contributed by atoms with van der Waals surface area (Å²) in [7, 11) is 1.62. The van der Waals surface area contributed by atoms with Crippen LogP contribution in [-0.2, 0) is 0 Å². The van der Waals surface area contributed by atoms with Crippen LogP contribution in [0.25, 0.3) is 22.1 Å². The van der Waals surface area contributed by atoms with E-state index < -0.39 is 5.78 Å². The number of methoxy groups -OCH3 is 1. The van der Waals surface area contributed by atoms with Crippen molar-refractivity contribution in [3.63, 3.8) is 0 Å². The van der Waals surface area contributed by atoms with E-state index in [2.05, 4.69) is 0 Å². The summed E-state index contributed by atoms with van der Waals surface area (Å²) in [5.74, 6) is 0.399. The van der Waals surface area contributed by atoms with Crippen molar-refractivity contribution in [2.45, 2.75) is 0 Å². The average Bonchev–Trinajstić information content (AvgIpc) is 3.03. The fraction of sp³-hybridized carbons (Fsp3) is 0.0455. The lowest BCUT2D eigenvalue weighted by atomic mass is 10.0. The van der Waals surface area contributed by atoms with Crippen molar-refractivity contribution in [3.05, 3.63) is 82.0 Å². The van der Waals surface area contributed by atoms with Gasteiger partial charge < -0.3 is 14.9 Å². The third-order valence-corrected chi connectivity index (χ3v) is 5.08. The summed E-state index contributed by atoms with van der Waals surface area (Å²) < 4.78 is 11.3. The number of carbonyl (C=O) groups excluding carboxylic acids is 1. The van der Waals surface area contributed by atoms with Gasteiger partial charge in [-0.1, -0.05) is 47.5 Å². The summed E-state index contributed by atoms with van der Waals surface area (Å²) >= 11 is 12.1. The molecular weight excluding hydrogens is 397 g/mol. The van der Waals surface area contributed by atoms with Crippen LogP contribution in [0.3, 0.4) is 0 Å². The van der Waals surface area contributed by atoms with Crippen LogP contribution in [0.4, 0.5) is 5.69 Å². The first-order valence-corrected chi connectivity index (χ1v) is 9.20. The Morgan fingerprint density at radius 1 is 1.04 bits per heavy atom. The minimum atomic E-state index is -0.394. The molecule has 1 heterocycles. The quantitative estimate of drug-likeness (QED) is 0.404. The van der Waals surface area contributed by atoms with Gasteiger partial charge in [0.1, 0.15) is 11.3 Å². The van der Waals surface area contributed by atoms with Gasteiger partial charge in [-0.25, -0.2) is 0 Å². The molecule has 6 heteroatoms. The second-order valence-corrected chi connectivity index (χ2v) is 7.05. The number of halogens is 2. The molecule has 0 spiro atoms. The average molecular weight is 412 g/mol. The Bertz CT molecular complexity index is 1210. The molecule has 0 fully saturated rings. The lowest BCUT2D eigenvalue weighted by Crippen LogP contribution is -2.03. The topological polar surface area (TPSA) is 65.5 Å². The molecule has 0 radical (unpaired) electrons. The van der Waals surface area contributed by atoms with Gasteiger partial charge in [0.15, 0.2) is 5.76 Å². The van der Waals surface area contributed by atoms with E-state index in [0.29, 0.717) is 16.0 Å². The molecule has 4 rings (SSSR count). The number of furan rings is 1. The molecule has 0 amide bonds. The van der Waals surface area contributed by atoms with Gasteiger partial charge >= 0.3 is 0 Å². The Hall–Kier alpha value is -2.95. The largest absolute Gasteiger partial charge is 0.496 e. The monoisotopic (exact) mass is 411 g/mol. The zero-order valence-electron chi connectivity index (χ0n) is 14.8. The van der Waals surface area contributed by atoms with Crippen LogP contribution < -0.4 is 10.5 Å². The second kappa shape index (κ2) is 7.23. The van der Waals surface area contributed by atoms with E-state index >= 15 is 0 Å². The van der Waals surface area contributed by atoms with E-state index in [4.69, 9.17) is 38.1 Å². The molecule has 4 aromatic rings. The first kappa shape index (κ1) is 18.4. The predicted molar refractivity (Wildman–Crippen MR) is 113 cm³/mol. The van der Waals surface area contributed by atoms with Crippen molar-refractivity contribution in [2.24, 2.45) is 0 Å². The number of anilines is 1. The molecule has 3 aromatic carbocycles. The van der Waals surface area contributed by atoms with Gasteiger partial charge in [-0.3, -0.25) is 4.79 Å². The Kier molecular flexibility index (Phi) is 4.75. The van der Waals surface area contributed by atoms with Crippen LogP contribution in [0.2, 0.25) is 10.0 Å². The zero-order chi connectivity index (χ0) is 19.8. The van der Waals surface area contributed by atoms with Gasteiger partial charge in [0.05, 0.1) is 17.8 Å². The van der Waals surface area contributed by atoms with Crippen molar-refractivity contribution in [3.8, 4) is 16.9 Å². The van der Waals surface area contributed by atoms with Crippen LogP contribution in [-0.4, -0.2) is 12.9 Å². The van der Waals surface area contributed by atoms with Crippen LogP contribution in [0.1, 0.15) is 16.1 Å². The molecule has 140 valence electrons. The second-order valence-electron chi connectivity index (χ2n) is 6.21. The van der Waals surface area contributed by atoms with Gasteiger partial charge in [-0.2, -0.15) is 0 Å². The number of para-hydroxylation sites is 1. The van der Waals surface area contributed by atoms with E-state index in [0.717, 1.165) is 16.9 Å². The molecule has 0 saturated heterocycles. The number of benzene rings is 3. The van der Waals surface area contributed by atoms with E-state index in [1.54, 1.807) is 19.2 Å². The maximum absolute atomic E-state index is 12.9. The molecule has 0 aliphatic rings. The minimum Gasteiger partial charge on any atom is -0.496 e. The molecule has 0 saturated carbocycles. The molecule has 2 N–H and O–H groups in total. The van der Waals surface area contributed by atoms with Crippen molar-refractivity contribution >= 4 is 45.6 Å². The number of fused-ring (bicyclic) bond motifs is 1. The molecule has 0 aliphatic heterocycles. The lowest BCUT2D eigenvalue weighted by Gasteiger charge is -2.07. The molecule has 28 heavy (non-hydrogen) atoms. The summed E-state index contributed by atoms with van der Waals surface area (Å²) in [6.07, 6.45) is 0. The SMILES string of the molecule is COc1ccccc1-c1ccc2c(N)c(C(=O)c3ccc(Cl)cc3Cl)oc2c1. The first-order chi connectivity index (χ1) is 13.5. The van der Waals surface area contributed by atoms with Crippen molar-refractivity contribution in [1.82, 2.24) is 0 Å². The highest BCUT2D eigenvalue weighted by Gasteiger charge is 2.22. The van der Waals surface area contributed by atoms with Gasteiger partial charge in [0.25, 0.3) is 0 Å². The highest BCUT2D eigenvalue weighted by Crippen LogP contribution is 2.36. The number of nitrogen functional groups attached to an aromatic ring is 1. The number of rotatable bonds is 4. The molecule has 0 bridgehead atoms. The number of hydrogen-bond donors (Lipinski definition) is 1. The summed E-state index contributed by atoms with van der Waals surface area (Å²) in [4.78, 5) is 12.9. The lowest BCUT2D eigenvalue weighted by molar-refractivity contribution is 0.101. The number of nitrogens with two attached hydrogens (primary N) is 1. The standard InChI is InChI=1S/C22H15Cl2NO3/c1-27-18-5-3-2-4-14(18)12-6-8-16-19(10-12)28-22(20(16)25)21(26)15-9-7-13(23)11-17(15)24/h2-11H,25H2,1H3. The van der Waals surface area contributed by atoms with Gasteiger partial charge in [0.2, 0.25) is 5.78 Å². The fourth-order valence-electron chi connectivity index (χ4n) is 3.13. The van der Waals surface area contributed by atoms with Crippen molar-refractivity contribution in [1.29, 1.82) is 0 Å². The molecule has 0 unspecified atom stereocenters. The van der Waals surface area contributed by atoms with Gasteiger partial charge in [0, 0.05) is 21.5 Å². The van der Waals surface area contributed by atoms with Crippen LogP contribution in [0.5, 0.6) is 5.75 Å².